The van der Waals surface area contributed by atoms with E-state index in [0.717, 1.165) is 0 Å². The zero-order chi connectivity index (χ0) is 16.0. The molecule has 0 aliphatic heterocycles. The molecule has 2 aromatic rings. The standard InChI is InChI=1S/C15H16FNO4S/c1-20-15-5-3-2-4-14(15)17-22(18,19)11-10-21-13-8-6-12(16)7-9-13/h2-9,17H,10-11H2,1H3. The van der Waals surface area contributed by atoms with Crippen molar-refractivity contribution < 1.29 is 22.3 Å². The molecule has 2 rings (SSSR count). The summed E-state index contributed by atoms with van der Waals surface area (Å²) in [6.07, 6.45) is 0. The van der Waals surface area contributed by atoms with Gasteiger partial charge in [-0.05, 0) is 36.4 Å². The Balaban J connectivity index is 1.92. The molecule has 0 aromatic heterocycles. The molecule has 0 aliphatic carbocycles. The summed E-state index contributed by atoms with van der Waals surface area (Å²) < 4.78 is 49.5. The summed E-state index contributed by atoms with van der Waals surface area (Å²) in [6.45, 7) is -0.0455. The molecule has 5 nitrogen and oxygen atoms in total. The third kappa shape index (κ3) is 4.63. The number of ether oxygens (including phenoxy) is 2. The van der Waals surface area contributed by atoms with Crippen molar-refractivity contribution >= 4 is 15.7 Å². The molecule has 1 N–H and O–H groups in total. The fourth-order valence-electron chi connectivity index (χ4n) is 1.75. The van der Waals surface area contributed by atoms with Crippen LogP contribution in [-0.4, -0.2) is 27.9 Å². The third-order valence-electron chi connectivity index (χ3n) is 2.81. The minimum absolute atomic E-state index is 0.0455. The fourth-order valence-corrected chi connectivity index (χ4v) is 2.66. The number of hydrogen-bond acceptors (Lipinski definition) is 4. The number of halogens is 1. The lowest BCUT2D eigenvalue weighted by atomic mass is 10.3. The second-order valence-electron chi connectivity index (χ2n) is 4.42. The Bertz CT molecular complexity index is 717. The first-order valence-electron chi connectivity index (χ1n) is 6.52. The van der Waals surface area contributed by atoms with Crippen LogP contribution in [0.25, 0.3) is 0 Å². The van der Waals surface area contributed by atoms with Crippen molar-refractivity contribution in [2.24, 2.45) is 0 Å². The van der Waals surface area contributed by atoms with Gasteiger partial charge in [0.2, 0.25) is 10.0 Å². The number of nitrogens with one attached hydrogen (secondary N) is 1. The summed E-state index contributed by atoms with van der Waals surface area (Å²) in [5.41, 5.74) is 0.367. The summed E-state index contributed by atoms with van der Waals surface area (Å²) in [4.78, 5) is 0. The van der Waals surface area contributed by atoms with Gasteiger partial charge in [0, 0.05) is 0 Å². The van der Waals surface area contributed by atoms with Crippen LogP contribution < -0.4 is 14.2 Å². The van der Waals surface area contributed by atoms with E-state index in [0.29, 0.717) is 17.2 Å². The molecule has 0 amide bonds. The van der Waals surface area contributed by atoms with Gasteiger partial charge in [-0.2, -0.15) is 0 Å². The number of rotatable bonds is 7. The molecule has 0 spiro atoms. The lowest BCUT2D eigenvalue weighted by molar-refractivity contribution is 0.340. The van der Waals surface area contributed by atoms with Gasteiger partial charge in [0.1, 0.15) is 29.7 Å². The molecule has 7 heteroatoms. The molecular formula is C15H16FNO4S. The van der Waals surface area contributed by atoms with Crippen LogP contribution in [0.2, 0.25) is 0 Å². The number of anilines is 1. The topological polar surface area (TPSA) is 64.6 Å². The Morgan fingerprint density at radius 2 is 1.77 bits per heavy atom. The van der Waals surface area contributed by atoms with E-state index in [1.165, 1.54) is 31.4 Å². The molecule has 0 fully saturated rings. The smallest absolute Gasteiger partial charge is 0.236 e. The van der Waals surface area contributed by atoms with Gasteiger partial charge in [0.05, 0.1) is 12.8 Å². The van der Waals surface area contributed by atoms with E-state index in [2.05, 4.69) is 4.72 Å². The first kappa shape index (κ1) is 16.1. The first-order valence-corrected chi connectivity index (χ1v) is 8.17. The normalized spacial score (nSPS) is 11.0. The van der Waals surface area contributed by atoms with Crippen molar-refractivity contribution in [1.29, 1.82) is 0 Å². The minimum Gasteiger partial charge on any atom is -0.495 e. The van der Waals surface area contributed by atoms with Gasteiger partial charge in [-0.1, -0.05) is 12.1 Å². The maximum absolute atomic E-state index is 12.7. The summed E-state index contributed by atoms with van der Waals surface area (Å²) >= 11 is 0. The van der Waals surface area contributed by atoms with E-state index >= 15 is 0 Å². The van der Waals surface area contributed by atoms with E-state index in [9.17, 15) is 12.8 Å². The van der Waals surface area contributed by atoms with Crippen molar-refractivity contribution in [2.75, 3.05) is 24.2 Å². The van der Waals surface area contributed by atoms with Crippen LogP contribution in [0, 0.1) is 5.82 Å². The molecule has 2 aromatic carbocycles. The first-order chi connectivity index (χ1) is 10.5. The highest BCUT2D eigenvalue weighted by Gasteiger charge is 2.13. The predicted molar refractivity (Wildman–Crippen MR) is 82.3 cm³/mol. The number of benzene rings is 2. The van der Waals surface area contributed by atoms with Crippen LogP contribution in [0.3, 0.4) is 0 Å². The van der Waals surface area contributed by atoms with Crippen molar-refractivity contribution in [1.82, 2.24) is 0 Å². The van der Waals surface area contributed by atoms with Gasteiger partial charge in [-0.3, -0.25) is 4.72 Å². The number of sulfonamides is 1. The van der Waals surface area contributed by atoms with Gasteiger partial charge >= 0.3 is 0 Å². The van der Waals surface area contributed by atoms with Crippen LogP contribution in [0.5, 0.6) is 11.5 Å². The SMILES string of the molecule is COc1ccccc1NS(=O)(=O)CCOc1ccc(F)cc1. The lowest BCUT2D eigenvalue weighted by Gasteiger charge is -2.12. The highest BCUT2D eigenvalue weighted by atomic mass is 32.2. The quantitative estimate of drug-likeness (QED) is 0.850. The van der Waals surface area contributed by atoms with Crippen LogP contribution >= 0.6 is 0 Å². The van der Waals surface area contributed by atoms with Crippen molar-refractivity contribution in [3.05, 3.63) is 54.3 Å². The van der Waals surface area contributed by atoms with E-state index in [-0.39, 0.29) is 18.2 Å². The Hall–Kier alpha value is -2.28. The molecule has 0 unspecified atom stereocenters. The second kappa shape index (κ2) is 7.13. The van der Waals surface area contributed by atoms with E-state index in [1.54, 1.807) is 24.3 Å². The van der Waals surface area contributed by atoms with Gasteiger partial charge < -0.3 is 9.47 Å². The van der Waals surface area contributed by atoms with Gasteiger partial charge in [-0.25, -0.2) is 12.8 Å². The van der Waals surface area contributed by atoms with Crippen molar-refractivity contribution in [3.8, 4) is 11.5 Å². The van der Waals surface area contributed by atoms with Crippen LogP contribution in [0.15, 0.2) is 48.5 Å². The fraction of sp³-hybridized carbons (Fsp3) is 0.200. The summed E-state index contributed by atoms with van der Waals surface area (Å²) in [7, 11) is -2.11. The summed E-state index contributed by atoms with van der Waals surface area (Å²) in [5, 5.41) is 0. The van der Waals surface area contributed by atoms with Gasteiger partial charge in [-0.15, -0.1) is 0 Å². The average Bonchev–Trinajstić information content (AvgIpc) is 2.49. The maximum Gasteiger partial charge on any atom is 0.236 e. The minimum atomic E-state index is -3.57. The third-order valence-corrected chi connectivity index (χ3v) is 4.04. The highest BCUT2D eigenvalue weighted by molar-refractivity contribution is 7.92. The Kier molecular flexibility index (Phi) is 5.21. The van der Waals surface area contributed by atoms with Crippen molar-refractivity contribution in [2.45, 2.75) is 0 Å². The molecule has 0 radical (unpaired) electrons. The number of para-hydroxylation sites is 2. The molecule has 0 saturated carbocycles. The average molecular weight is 325 g/mol. The number of methoxy groups -OCH3 is 1. The molecule has 22 heavy (non-hydrogen) atoms. The molecule has 0 aliphatic rings. The molecule has 0 atom stereocenters. The zero-order valence-corrected chi connectivity index (χ0v) is 12.8. The lowest BCUT2D eigenvalue weighted by Crippen LogP contribution is -2.21. The van der Waals surface area contributed by atoms with E-state index in [1.807, 2.05) is 0 Å². The van der Waals surface area contributed by atoms with E-state index in [4.69, 9.17) is 9.47 Å². The maximum atomic E-state index is 12.7. The molecule has 0 heterocycles. The molecular weight excluding hydrogens is 309 g/mol. The summed E-state index contributed by atoms with van der Waals surface area (Å²) in [6, 6.07) is 12.1. The summed E-state index contributed by atoms with van der Waals surface area (Å²) in [5.74, 6) is 0.236. The number of hydrogen-bond donors (Lipinski definition) is 1. The zero-order valence-electron chi connectivity index (χ0n) is 12.0. The Morgan fingerprint density at radius 3 is 2.45 bits per heavy atom. The predicted octanol–water partition coefficient (Wildman–Crippen LogP) is 2.66. The van der Waals surface area contributed by atoms with Crippen molar-refractivity contribution in [3.63, 3.8) is 0 Å². The highest BCUT2D eigenvalue weighted by Crippen LogP contribution is 2.24. The molecule has 0 saturated heterocycles. The van der Waals surface area contributed by atoms with Gasteiger partial charge in [0.25, 0.3) is 0 Å². The largest absolute Gasteiger partial charge is 0.495 e. The van der Waals surface area contributed by atoms with Crippen LogP contribution in [0.1, 0.15) is 0 Å². The van der Waals surface area contributed by atoms with Gasteiger partial charge in [0.15, 0.2) is 0 Å². The monoisotopic (exact) mass is 325 g/mol. The molecule has 0 bridgehead atoms. The van der Waals surface area contributed by atoms with E-state index < -0.39 is 10.0 Å². The molecule has 118 valence electrons. The Labute approximate surface area is 128 Å². The van der Waals surface area contributed by atoms with Crippen LogP contribution in [0.4, 0.5) is 10.1 Å². The van der Waals surface area contributed by atoms with Crippen LogP contribution in [-0.2, 0) is 10.0 Å². The Morgan fingerprint density at radius 1 is 1.09 bits per heavy atom. The second-order valence-corrected chi connectivity index (χ2v) is 6.27.